The number of rotatable bonds is 2. The Morgan fingerprint density at radius 1 is 1.13 bits per heavy atom. The number of fused-ring (bicyclic) bond motifs is 1. The van der Waals surface area contributed by atoms with Gasteiger partial charge in [0.2, 0.25) is 0 Å². The van der Waals surface area contributed by atoms with Crippen molar-refractivity contribution in [1.29, 1.82) is 0 Å². The van der Waals surface area contributed by atoms with Gasteiger partial charge in [0.15, 0.2) is 5.82 Å². The maximum absolute atomic E-state index is 12.3. The lowest BCUT2D eigenvalue weighted by Crippen LogP contribution is -2.07. The highest BCUT2D eigenvalue weighted by Gasteiger charge is 2.13. The van der Waals surface area contributed by atoms with E-state index in [1.165, 1.54) is 11.3 Å². The number of thiophene rings is 1. The van der Waals surface area contributed by atoms with Crippen LogP contribution in [0.4, 0.5) is 0 Å². The summed E-state index contributed by atoms with van der Waals surface area (Å²) in [5.74, 6) is 0.451. The summed E-state index contributed by atoms with van der Waals surface area (Å²) in [6.45, 7) is 0. The number of benzene rings is 1. The Morgan fingerprint density at radius 3 is 2.74 bits per heavy atom. The van der Waals surface area contributed by atoms with Gasteiger partial charge in [-0.2, -0.15) is 5.10 Å². The van der Waals surface area contributed by atoms with E-state index in [-0.39, 0.29) is 5.56 Å². The number of aromatic amines is 2. The molecule has 0 saturated heterocycles. The summed E-state index contributed by atoms with van der Waals surface area (Å²) >= 11 is 13.5. The van der Waals surface area contributed by atoms with E-state index in [0.717, 1.165) is 10.4 Å². The van der Waals surface area contributed by atoms with Crippen LogP contribution in [-0.4, -0.2) is 20.2 Å². The molecule has 0 spiro atoms. The van der Waals surface area contributed by atoms with Crippen molar-refractivity contribution >= 4 is 44.8 Å². The van der Waals surface area contributed by atoms with E-state index in [0.29, 0.717) is 31.8 Å². The molecule has 0 aliphatic carbocycles. The number of aromatic nitrogens is 4. The molecule has 0 atom stereocenters. The van der Waals surface area contributed by atoms with Gasteiger partial charge in [-0.05, 0) is 24.3 Å². The first-order valence-corrected chi connectivity index (χ1v) is 8.18. The van der Waals surface area contributed by atoms with Crippen LogP contribution >= 0.6 is 34.5 Å². The highest BCUT2D eigenvalue weighted by molar-refractivity contribution is 7.22. The third-order valence-corrected chi connectivity index (χ3v) is 5.04. The average molecular weight is 363 g/mol. The average Bonchev–Trinajstić information content (AvgIpc) is 3.16. The molecule has 5 nitrogen and oxygen atoms in total. The van der Waals surface area contributed by atoms with Gasteiger partial charge in [0.25, 0.3) is 5.56 Å². The summed E-state index contributed by atoms with van der Waals surface area (Å²) in [7, 11) is 0. The minimum absolute atomic E-state index is 0.194. The second-order valence-electron chi connectivity index (χ2n) is 4.83. The number of hydrogen-bond donors (Lipinski definition) is 2. The fourth-order valence-corrected chi connectivity index (χ4v) is 3.87. The van der Waals surface area contributed by atoms with Crippen molar-refractivity contribution < 1.29 is 0 Å². The van der Waals surface area contributed by atoms with Crippen molar-refractivity contribution in [1.82, 2.24) is 20.2 Å². The molecule has 0 aliphatic rings. The first-order chi connectivity index (χ1) is 11.1. The lowest BCUT2D eigenvalue weighted by molar-refractivity contribution is 1.07. The van der Waals surface area contributed by atoms with E-state index in [9.17, 15) is 4.79 Å². The van der Waals surface area contributed by atoms with Gasteiger partial charge < -0.3 is 4.98 Å². The van der Waals surface area contributed by atoms with Crippen LogP contribution in [0.5, 0.6) is 0 Å². The third kappa shape index (κ3) is 2.55. The summed E-state index contributed by atoms with van der Waals surface area (Å²) in [4.78, 5) is 20.4. The largest absolute Gasteiger partial charge is 0.304 e. The highest BCUT2D eigenvalue weighted by Crippen LogP contribution is 2.36. The summed E-state index contributed by atoms with van der Waals surface area (Å²) in [5.41, 5.74) is 1.90. The third-order valence-electron chi connectivity index (χ3n) is 3.34. The van der Waals surface area contributed by atoms with E-state index in [4.69, 9.17) is 23.2 Å². The molecule has 3 aromatic heterocycles. The van der Waals surface area contributed by atoms with Crippen molar-refractivity contribution in [2.75, 3.05) is 0 Å². The molecule has 0 aliphatic heterocycles. The first-order valence-electron chi connectivity index (χ1n) is 6.61. The monoisotopic (exact) mass is 362 g/mol. The minimum atomic E-state index is -0.194. The molecular weight excluding hydrogens is 355 g/mol. The molecule has 2 N–H and O–H groups in total. The molecule has 8 heteroatoms. The van der Waals surface area contributed by atoms with E-state index >= 15 is 0 Å². The standard InChI is InChI=1S/C15H8Cl2N4OS/c16-7-1-2-8(9(17)5-7)12-6-11-13(23-12)15(22)20-14(19-11)10-3-4-18-21-10/h1-6H,(H,18,21)(H,19,20,22). The molecule has 0 bridgehead atoms. The Kier molecular flexibility index (Phi) is 3.45. The Balaban J connectivity index is 1.91. The molecule has 0 radical (unpaired) electrons. The summed E-state index contributed by atoms with van der Waals surface area (Å²) in [6.07, 6.45) is 1.60. The van der Waals surface area contributed by atoms with Gasteiger partial charge in [-0.25, -0.2) is 4.98 Å². The van der Waals surface area contributed by atoms with Crippen LogP contribution in [0.25, 0.3) is 32.2 Å². The molecule has 0 amide bonds. The van der Waals surface area contributed by atoms with Crippen LogP contribution in [0.1, 0.15) is 0 Å². The fourth-order valence-electron chi connectivity index (χ4n) is 2.28. The predicted octanol–water partition coefficient (Wildman–Crippen LogP) is 4.35. The number of hydrogen-bond acceptors (Lipinski definition) is 4. The zero-order chi connectivity index (χ0) is 16.0. The van der Waals surface area contributed by atoms with Gasteiger partial charge in [-0.3, -0.25) is 9.89 Å². The smallest absolute Gasteiger partial charge is 0.269 e. The van der Waals surface area contributed by atoms with E-state index < -0.39 is 0 Å². The van der Waals surface area contributed by atoms with Crippen LogP contribution in [-0.2, 0) is 0 Å². The predicted molar refractivity (Wildman–Crippen MR) is 93.3 cm³/mol. The first kappa shape index (κ1) is 14.4. The van der Waals surface area contributed by atoms with Crippen LogP contribution < -0.4 is 5.56 Å². The minimum Gasteiger partial charge on any atom is -0.304 e. The SMILES string of the molecule is O=c1[nH]c(-c2ccn[nH]2)nc2cc(-c3ccc(Cl)cc3Cl)sc12. The van der Waals surface area contributed by atoms with Crippen LogP contribution in [0.15, 0.2) is 41.3 Å². The molecule has 4 rings (SSSR count). The summed E-state index contributed by atoms with van der Waals surface area (Å²) in [5, 5.41) is 7.75. The van der Waals surface area contributed by atoms with Gasteiger partial charge in [-0.1, -0.05) is 29.3 Å². The van der Waals surface area contributed by atoms with Crippen LogP contribution in [0.2, 0.25) is 10.0 Å². The number of nitrogens with one attached hydrogen (secondary N) is 2. The summed E-state index contributed by atoms with van der Waals surface area (Å²) < 4.78 is 0.550. The zero-order valence-electron chi connectivity index (χ0n) is 11.4. The molecular formula is C15H8Cl2N4OS. The molecule has 0 fully saturated rings. The molecule has 1 aromatic carbocycles. The Hall–Kier alpha value is -2.15. The van der Waals surface area contributed by atoms with Gasteiger partial charge >= 0.3 is 0 Å². The van der Waals surface area contributed by atoms with Gasteiger partial charge in [0, 0.05) is 21.7 Å². The number of H-pyrrole nitrogens is 2. The van der Waals surface area contributed by atoms with E-state index in [1.807, 2.05) is 12.1 Å². The van der Waals surface area contributed by atoms with Crippen molar-refractivity contribution in [3.8, 4) is 22.0 Å². The lowest BCUT2D eigenvalue weighted by atomic mass is 10.2. The maximum atomic E-state index is 12.3. The molecule has 4 aromatic rings. The van der Waals surface area contributed by atoms with E-state index in [1.54, 1.807) is 24.4 Å². The van der Waals surface area contributed by atoms with Crippen molar-refractivity contribution in [2.24, 2.45) is 0 Å². The van der Waals surface area contributed by atoms with Crippen molar-refractivity contribution in [3.05, 3.63) is 56.9 Å². The van der Waals surface area contributed by atoms with E-state index in [2.05, 4.69) is 20.2 Å². The molecule has 0 saturated carbocycles. The van der Waals surface area contributed by atoms with Gasteiger partial charge in [0.1, 0.15) is 10.4 Å². The zero-order valence-corrected chi connectivity index (χ0v) is 13.8. The normalized spacial score (nSPS) is 11.2. The number of nitrogens with zero attached hydrogens (tertiary/aromatic N) is 2. The molecule has 114 valence electrons. The van der Waals surface area contributed by atoms with Gasteiger partial charge in [0.05, 0.1) is 10.5 Å². The Morgan fingerprint density at radius 2 is 2.00 bits per heavy atom. The second-order valence-corrected chi connectivity index (χ2v) is 6.73. The molecule has 3 heterocycles. The summed E-state index contributed by atoms with van der Waals surface area (Å²) in [6, 6.07) is 8.87. The quantitative estimate of drug-likeness (QED) is 0.556. The van der Waals surface area contributed by atoms with Crippen molar-refractivity contribution in [2.45, 2.75) is 0 Å². The van der Waals surface area contributed by atoms with Crippen LogP contribution in [0.3, 0.4) is 0 Å². The molecule has 0 unspecified atom stereocenters. The number of halogens is 2. The van der Waals surface area contributed by atoms with Crippen LogP contribution in [0, 0.1) is 0 Å². The highest BCUT2D eigenvalue weighted by atomic mass is 35.5. The fraction of sp³-hybridized carbons (Fsp3) is 0. The van der Waals surface area contributed by atoms with Gasteiger partial charge in [-0.15, -0.1) is 11.3 Å². The van der Waals surface area contributed by atoms with Crippen molar-refractivity contribution in [3.63, 3.8) is 0 Å². The topological polar surface area (TPSA) is 74.4 Å². The maximum Gasteiger partial charge on any atom is 0.269 e. The Labute approximate surface area is 143 Å². The Bertz CT molecular complexity index is 1070. The lowest BCUT2D eigenvalue weighted by Gasteiger charge is -2.00. The molecule has 23 heavy (non-hydrogen) atoms. The second kappa shape index (κ2) is 5.49.